The molecule has 5 rings (SSSR count). The minimum Gasteiger partial charge on any atom is -0.453 e. The Balaban J connectivity index is 1.48. The quantitative estimate of drug-likeness (QED) is 0.528. The zero-order chi connectivity index (χ0) is 26.1. The number of aliphatic hydroxyl groups is 1. The zero-order valence-corrected chi connectivity index (χ0v) is 21.0. The lowest BCUT2D eigenvalue weighted by molar-refractivity contribution is -0.0241. The molecule has 1 aliphatic carbocycles. The van der Waals surface area contributed by atoms with Gasteiger partial charge in [0.05, 0.1) is 49.4 Å². The first-order valence-corrected chi connectivity index (χ1v) is 12.7. The van der Waals surface area contributed by atoms with Gasteiger partial charge >= 0.3 is 6.09 Å². The van der Waals surface area contributed by atoms with Crippen molar-refractivity contribution < 1.29 is 28.2 Å². The number of hydrogen-bond acceptors (Lipinski definition) is 6. The number of hydrogen-bond donors (Lipinski definition) is 2. The largest absolute Gasteiger partial charge is 0.453 e. The van der Waals surface area contributed by atoms with Gasteiger partial charge in [-0.25, -0.2) is 18.6 Å². The van der Waals surface area contributed by atoms with Crippen molar-refractivity contribution in [1.82, 2.24) is 14.3 Å². The van der Waals surface area contributed by atoms with Crippen LogP contribution in [0.15, 0.2) is 30.5 Å². The van der Waals surface area contributed by atoms with Crippen molar-refractivity contribution in [3.63, 3.8) is 0 Å². The molecule has 0 bridgehead atoms. The summed E-state index contributed by atoms with van der Waals surface area (Å²) >= 11 is 0. The van der Waals surface area contributed by atoms with Gasteiger partial charge in [0.15, 0.2) is 0 Å². The van der Waals surface area contributed by atoms with E-state index < -0.39 is 17.7 Å². The van der Waals surface area contributed by atoms with Crippen LogP contribution in [0.3, 0.4) is 0 Å². The molecule has 1 aromatic carbocycles. The highest BCUT2D eigenvalue weighted by molar-refractivity contribution is 5.71. The first kappa shape index (κ1) is 25.4. The highest BCUT2D eigenvalue weighted by Gasteiger charge is 2.29. The fourth-order valence-corrected chi connectivity index (χ4v) is 5.28. The summed E-state index contributed by atoms with van der Waals surface area (Å²) in [5, 5.41) is 12.9. The number of anilines is 1. The number of morpholine rings is 1. The summed E-state index contributed by atoms with van der Waals surface area (Å²) in [6, 6.07) is 6.43. The summed E-state index contributed by atoms with van der Waals surface area (Å²) in [6.07, 6.45) is 3.83. The number of nitrogens with one attached hydrogen (secondary N) is 1. The van der Waals surface area contributed by atoms with Gasteiger partial charge in [0, 0.05) is 30.9 Å². The van der Waals surface area contributed by atoms with Gasteiger partial charge in [-0.1, -0.05) is 0 Å². The standard InChI is InChI=1S/C27H32F2N4O4/c1-16-7-8-33-23(14-20-15-32(9-10-37-20)27(35)36-2)26(31-24(33)11-16)25-21(28)12-18(13-22(25)29)30-17-3-5-19(34)6-4-17/h7-8,11-13,17,19-20,30,34H,3-6,9-10,14-15H2,1-2H3. The number of ether oxygens (including phenoxy) is 2. The van der Waals surface area contributed by atoms with Crippen molar-refractivity contribution in [1.29, 1.82) is 0 Å². The van der Waals surface area contributed by atoms with Gasteiger partial charge in [-0.05, 0) is 62.4 Å². The van der Waals surface area contributed by atoms with E-state index in [0.717, 1.165) is 18.4 Å². The summed E-state index contributed by atoms with van der Waals surface area (Å²) in [5.74, 6) is -1.42. The fourth-order valence-electron chi connectivity index (χ4n) is 5.28. The Morgan fingerprint density at radius 1 is 1.22 bits per heavy atom. The number of aliphatic hydroxyl groups excluding tert-OH is 1. The predicted molar refractivity (Wildman–Crippen MR) is 135 cm³/mol. The second-order valence-corrected chi connectivity index (χ2v) is 9.92. The lowest BCUT2D eigenvalue weighted by Gasteiger charge is -2.32. The normalized spacial score (nSPS) is 22.3. The molecule has 1 amide bonds. The molecule has 198 valence electrons. The number of amides is 1. The van der Waals surface area contributed by atoms with Crippen molar-refractivity contribution in [3.05, 3.63) is 53.4 Å². The van der Waals surface area contributed by atoms with Gasteiger partial charge in [-0.3, -0.25) is 0 Å². The van der Waals surface area contributed by atoms with Crippen LogP contribution >= 0.6 is 0 Å². The van der Waals surface area contributed by atoms with Gasteiger partial charge in [-0.15, -0.1) is 0 Å². The van der Waals surface area contributed by atoms with E-state index >= 15 is 8.78 Å². The molecule has 2 aromatic heterocycles. The fraction of sp³-hybridized carbons (Fsp3) is 0.481. The molecule has 8 nitrogen and oxygen atoms in total. The Kier molecular flexibility index (Phi) is 7.30. The number of rotatable bonds is 5. The highest BCUT2D eigenvalue weighted by Crippen LogP contribution is 2.34. The summed E-state index contributed by atoms with van der Waals surface area (Å²) < 4.78 is 43.6. The highest BCUT2D eigenvalue weighted by atomic mass is 19.1. The molecule has 0 spiro atoms. The molecular weight excluding hydrogens is 482 g/mol. The molecular formula is C27H32F2N4O4. The van der Waals surface area contributed by atoms with Crippen molar-refractivity contribution in [2.24, 2.45) is 0 Å². The van der Waals surface area contributed by atoms with Gasteiger partial charge in [0.1, 0.15) is 17.3 Å². The number of aryl methyl sites for hydroxylation is 1. The molecule has 2 fully saturated rings. The average Bonchev–Trinajstić information content (AvgIpc) is 3.21. The SMILES string of the molecule is COC(=O)N1CCOC(Cc2c(-c3c(F)cc(NC4CCC(O)CC4)cc3F)nc3cc(C)ccn23)C1. The van der Waals surface area contributed by atoms with E-state index in [-0.39, 0.29) is 29.5 Å². The third-order valence-electron chi connectivity index (χ3n) is 7.22. The number of nitrogens with zero attached hydrogens (tertiary/aromatic N) is 3. The van der Waals surface area contributed by atoms with Crippen LogP contribution in [-0.2, 0) is 15.9 Å². The molecule has 10 heteroatoms. The number of carbonyl (C=O) groups is 1. The first-order valence-electron chi connectivity index (χ1n) is 12.7. The molecule has 0 radical (unpaired) electrons. The second kappa shape index (κ2) is 10.6. The molecule has 1 atom stereocenters. The average molecular weight is 515 g/mol. The number of carbonyl (C=O) groups excluding carboxylic acids is 1. The van der Waals surface area contributed by atoms with Crippen LogP contribution in [0.2, 0.25) is 0 Å². The zero-order valence-electron chi connectivity index (χ0n) is 21.0. The lowest BCUT2D eigenvalue weighted by Crippen LogP contribution is -2.46. The van der Waals surface area contributed by atoms with Crippen LogP contribution < -0.4 is 5.32 Å². The first-order chi connectivity index (χ1) is 17.8. The number of fused-ring (bicyclic) bond motifs is 1. The third kappa shape index (κ3) is 5.40. The summed E-state index contributed by atoms with van der Waals surface area (Å²) in [7, 11) is 1.33. The molecule has 2 aliphatic rings. The van der Waals surface area contributed by atoms with E-state index in [2.05, 4.69) is 10.3 Å². The number of methoxy groups -OCH3 is 1. The van der Waals surface area contributed by atoms with Crippen LogP contribution in [0.4, 0.5) is 19.3 Å². The molecule has 3 heterocycles. The minimum atomic E-state index is -0.708. The maximum atomic E-state index is 15.5. The van der Waals surface area contributed by atoms with Crippen LogP contribution in [0.25, 0.3) is 16.9 Å². The lowest BCUT2D eigenvalue weighted by atomic mass is 9.93. The minimum absolute atomic E-state index is 0.0583. The van der Waals surface area contributed by atoms with Crippen LogP contribution in [0.1, 0.15) is 36.9 Å². The summed E-state index contributed by atoms with van der Waals surface area (Å²) in [5.41, 5.74) is 2.54. The summed E-state index contributed by atoms with van der Waals surface area (Å²) in [6.45, 7) is 2.99. The van der Waals surface area contributed by atoms with Gasteiger partial charge in [0.25, 0.3) is 0 Å². The van der Waals surface area contributed by atoms with Crippen molar-refractivity contribution >= 4 is 17.4 Å². The molecule has 3 aromatic rings. The third-order valence-corrected chi connectivity index (χ3v) is 7.22. The van der Waals surface area contributed by atoms with Gasteiger partial charge in [0.2, 0.25) is 0 Å². The molecule has 2 N–H and O–H groups in total. The number of imidazole rings is 1. The Morgan fingerprint density at radius 2 is 1.95 bits per heavy atom. The Bertz CT molecular complexity index is 1270. The van der Waals surface area contributed by atoms with Crippen LogP contribution in [-0.4, -0.2) is 70.5 Å². The van der Waals surface area contributed by atoms with E-state index in [0.29, 0.717) is 56.0 Å². The van der Waals surface area contributed by atoms with Gasteiger partial charge in [-0.2, -0.15) is 0 Å². The topological polar surface area (TPSA) is 88.3 Å². The molecule has 1 aliphatic heterocycles. The van der Waals surface area contributed by atoms with E-state index in [1.807, 2.05) is 29.7 Å². The number of pyridine rings is 1. The number of benzene rings is 1. The smallest absolute Gasteiger partial charge is 0.409 e. The van der Waals surface area contributed by atoms with E-state index in [1.54, 1.807) is 4.90 Å². The van der Waals surface area contributed by atoms with Crippen molar-refractivity contribution in [3.8, 4) is 11.3 Å². The summed E-state index contributed by atoms with van der Waals surface area (Å²) in [4.78, 5) is 18.2. The Labute approximate surface area is 214 Å². The van der Waals surface area contributed by atoms with Crippen LogP contribution in [0.5, 0.6) is 0 Å². The number of halogens is 2. The maximum Gasteiger partial charge on any atom is 0.409 e. The van der Waals surface area contributed by atoms with E-state index in [1.165, 1.54) is 19.2 Å². The van der Waals surface area contributed by atoms with Crippen LogP contribution in [0, 0.1) is 18.6 Å². The Morgan fingerprint density at radius 3 is 2.65 bits per heavy atom. The Hall–Kier alpha value is -3.24. The molecule has 37 heavy (non-hydrogen) atoms. The molecule has 1 unspecified atom stereocenters. The number of aromatic nitrogens is 2. The second-order valence-electron chi connectivity index (χ2n) is 9.92. The molecule has 1 saturated carbocycles. The molecule has 1 saturated heterocycles. The van der Waals surface area contributed by atoms with E-state index in [9.17, 15) is 9.90 Å². The van der Waals surface area contributed by atoms with E-state index in [4.69, 9.17) is 9.47 Å². The van der Waals surface area contributed by atoms with Crippen molar-refractivity contribution in [2.75, 3.05) is 32.1 Å². The van der Waals surface area contributed by atoms with Gasteiger partial charge < -0.3 is 29.2 Å². The predicted octanol–water partition coefficient (Wildman–Crippen LogP) is 4.31. The maximum absolute atomic E-state index is 15.5. The monoisotopic (exact) mass is 514 g/mol. The van der Waals surface area contributed by atoms with Crippen molar-refractivity contribution in [2.45, 2.75) is 57.3 Å².